The Balaban J connectivity index is 1.91. The van der Waals surface area contributed by atoms with Crippen molar-refractivity contribution in [3.8, 4) is 0 Å². The first-order valence-corrected chi connectivity index (χ1v) is 11.2. The monoisotopic (exact) mass is 417 g/mol. The highest BCUT2D eigenvalue weighted by atomic mass is 16.2. The van der Waals surface area contributed by atoms with Gasteiger partial charge in [0.1, 0.15) is 0 Å². The van der Waals surface area contributed by atoms with Crippen LogP contribution in [0.25, 0.3) is 10.9 Å². The molecule has 1 aliphatic rings. The lowest BCUT2D eigenvalue weighted by molar-refractivity contribution is -0.134. The lowest BCUT2D eigenvalue weighted by Crippen LogP contribution is -2.47. The summed E-state index contributed by atoms with van der Waals surface area (Å²) in [5.74, 6) is -0.364. The summed E-state index contributed by atoms with van der Waals surface area (Å²) in [5.41, 5.74) is 3.59. The number of rotatable bonds is 6. The molecular formula is C26H31N3O2. The van der Waals surface area contributed by atoms with Crippen molar-refractivity contribution in [3.05, 3.63) is 71.4 Å². The smallest absolute Gasteiger partial charge is 0.254 e. The Kier molecular flexibility index (Phi) is 5.86. The fraction of sp³-hybridized carbons (Fsp3) is 0.385. The van der Waals surface area contributed by atoms with Crippen LogP contribution in [-0.2, 0) is 11.8 Å². The molecule has 31 heavy (non-hydrogen) atoms. The van der Waals surface area contributed by atoms with E-state index < -0.39 is 5.92 Å². The summed E-state index contributed by atoms with van der Waals surface area (Å²) in [6.45, 7) is 5.57. The molecule has 0 aliphatic carbocycles. The molecule has 5 heteroatoms. The molecule has 1 aliphatic heterocycles. The van der Waals surface area contributed by atoms with Gasteiger partial charge in [-0.1, -0.05) is 49.7 Å². The minimum absolute atomic E-state index is 0.0332. The average molecular weight is 418 g/mol. The number of aryl methyl sites for hydroxylation is 1. The van der Waals surface area contributed by atoms with Crippen molar-refractivity contribution in [2.24, 2.45) is 7.05 Å². The largest absolute Gasteiger partial charge is 0.350 e. The average Bonchev–Trinajstić information content (AvgIpc) is 3.12. The third-order valence-corrected chi connectivity index (χ3v) is 6.57. The molecule has 2 heterocycles. The van der Waals surface area contributed by atoms with Crippen LogP contribution in [0.4, 0.5) is 0 Å². The topological polar surface area (TPSA) is 45.6 Å². The number of hydrogen-bond acceptors (Lipinski definition) is 2. The highest BCUT2D eigenvalue weighted by Crippen LogP contribution is 2.45. The maximum Gasteiger partial charge on any atom is 0.254 e. The van der Waals surface area contributed by atoms with Gasteiger partial charge in [-0.05, 0) is 31.0 Å². The second-order valence-electron chi connectivity index (χ2n) is 8.41. The van der Waals surface area contributed by atoms with E-state index in [1.807, 2.05) is 62.3 Å². The van der Waals surface area contributed by atoms with Crippen molar-refractivity contribution in [2.75, 3.05) is 20.1 Å². The molecule has 5 nitrogen and oxygen atoms in total. The lowest BCUT2D eigenvalue weighted by atomic mass is 9.79. The number of nitrogens with zero attached hydrogens (tertiary/aromatic N) is 3. The fourth-order valence-corrected chi connectivity index (χ4v) is 4.91. The number of para-hydroxylation sites is 1. The number of hydrogen-bond donors (Lipinski definition) is 0. The quantitative estimate of drug-likeness (QED) is 0.582. The number of amides is 2. The van der Waals surface area contributed by atoms with Crippen LogP contribution >= 0.6 is 0 Å². The number of carbonyl (C=O) groups excluding carboxylic acids is 2. The number of aromatic nitrogens is 1. The van der Waals surface area contributed by atoms with E-state index in [0.717, 1.165) is 41.4 Å². The number of likely N-dealkylation sites (N-methyl/N-ethyl adjacent to an activating group) is 2. The third kappa shape index (κ3) is 3.52. The van der Waals surface area contributed by atoms with E-state index in [1.54, 1.807) is 4.90 Å². The first kappa shape index (κ1) is 21.2. The standard InChI is InChI=1S/C26H31N3O2/c1-5-7-16-29(6-2)26(31)23-19-13-8-9-14-20(19)25(30)28(4)24(23)21-17-27(3)22-15-11-10-12-18(21)22/h8-15,17,23-24H,5-7,16H2,1-4H3/t23-,24-/m1/s1. The second kappa shape index (κ2) is 8.58. The van der Waals surface area contributed by atoms with E-state index in [-0.39, 0.29) is 17.9 Å². The predicted octanol–water partition coefficient (Wildman–Crippen LogP) is 4.74. The van der Waals surface area contributed by atoms with E-state index in [2.05, 4.69) is 29.8 Å². The van der Waals surface area contributed by atoms with E-state index in [1.165, 1.54) is 0 Å². The Morgan fingerprint density at radius 1 is 1.00 bits per heavy atom. The summed E-state index contributed by atoms with van der Waals surface area (Å²) in [4.78, 5) is 31.0. The van der Waals surface area contributed by atoms with Crippen LogP contribution in [0.5, 0.6) is 0 Å². The Morgan fingerprint density at radius 2 is 1.71 bits per heavy atom. The molecule has 0 fully saturated rings. The summed E-state index contributed by atoms with van der Waals surface area (Å²) < 4.78 is 2.08. The summed E-state index contributed by atoms with van der Waals surface area (Å²) in [7, 11) is 3.84. The Hall–Kier alpha value is -3.08. The molecule has 0 radical (unpaired) electrons. The van der Waals surface area contributed by atoms with Crippen LogP contribution in [-0.4, -0.2) is 46.3 Å². The van der Waals surface area contributed by atoms with Gasteiger partial charge in [0, 0.05) is 55.4 Å². The lowest BCUT2D eigenvalue weighted by Gasteiger charge is -2.41. The molecule has 4 rings (SSSR count). The molecule has 2 atom stereocenters. The van der Waals surface area contributed by atoms with Crippen molar-refractivity contribution >= 4 is 22.7 Å². The van der Waals surface area contributed by atoms with Gasteiger partial charge >= 0.3 is 0 Å². The minimum atomic E-state index is -0.429. The van der Waals surface area contributed by atoms with Crippen molar-refractivity contribution in [1.82, 2.24) is 14.4 Å². The van der Waals surface area contributed by atoms with Crippen LogP contribution in [0.1, 0.15) is 60.1 Å². The second-order valence-corrected chi connectivity index (χ2v) is 8.41. The van der Waals surface area contributed by atoms with Gasteiger partial charge in [-0.15, -0.1) is 0 Å². The molecular weight excluding hydrogens is 386 g/mol. The molecule has 162 valence electrons. The zero-order chi connectivity index (χ0) is 22.1. The van der Waals surface area contributed by atoms with Crippen LogP contribution in [0.3, 0.4) is 0 Å². The highest BCUT2D eigenvalue weighted by molar-refractivity contribution is 6.02. The zero-order valence-electron chi connectivity index (χ0n) is 18.8. The van der Waals surface area contributed by atoms with Crippen LogP contribution in [0, 0.1) is 0 Å². The van der Waals surface area contributed by atoms with E-state index in [0.29, 0.717) is 12.1 Å². The van der Waals surface area contributed by atoms with Gasteiger partial charge in [-0.3, -0.25) is 9.59 Å². The molecule has 0 saturated carbocycles. The van der Waals surface area contributed by atoms with Crippen LogP contribution < -0.4 is 0 Å². The molecule has 3 aromatic rings. The van der Waals surface area contributed by atoms with Crippen LogP contribution in [0.2, 0.25) is 0 Å². The molecule has 1 aromatic heterocycles. The number of benzene rings is 2. The molecule has 0 spiro atoms. The van der Waals surface area contributed by atoms with Gasteiger partial charge in [-0.25, -0.2) is 0 Å². The number of fused-ring (bicyclic) bond motifs is 2. The molecule has 0 saturated heterocycles. The van der Waals surface area contributed by atoms with Gasteiger partial charge < -0.3 is 14.4 Å². The van der Waals surface area contributed by atoms with Crippen molar-refractivity contribution < 1.29 is 9.59 Å². The molecule has 0 unspecified atom stereocenters. The maximum absolute atomic E-state index is 14.0. The van der Waals surface area contributed by atoms with Crippen LogP contribution in [0.15, 0.2) is 54.7 Å². The Bertz CT molecular complexity index is 1120. The molecule has 0 bridgehead atoms. The van der Waals surface area contributed by atoms with Crippen molar-refractivity contribution in [3.63, 3.8) is 0 Å². The van der Waals surface area contributed by atoms with E-state index in [4.69, 9.17) is 0 Å². The van der Waals surface area contributed by atoms with Gasteiger partial charge in [0.25, 0.3) is 5.91 Å². The number of carbonyl (C=O) groups is 2. The first-order chi connectivity index (χ1) is 15.0. The normalized spacial score (nSPS) is 18.3. The predicted molar refractivity (Wildman–Crippen MR) is 124 cm³/mol. The summed E-state index contributed by atoms with van der Waals surface area (Å²) in [5, 5.41) is 1.09. The van der Waals surface area contributed by atoms with Gasteiger partial charge in [0.2, 0.25) is 5.91 Å². The highest BCUT2D eigenvalue weighted by Gasteiger charge is 2.44. The fourth-order valence-electron chi connectivity index (χ4n) is 4.91. The van der Waals surface area contributed by atoms with Gasteiger partial charge in [0.15, 0.2) is 0 Å². The Morgan fingerprint density at radius 3 is 2.45 bits per heavy atom. The van der Waals surface area contributed by atoms with Gasteiger partial charge in [-0.2, -0.15) is 0 Å². The Labute approximate surface area is 184 Å². The third-order valence-electron chi connectivity index (χ3n) is 6.57. The minimum Gasteiger partial charge on any atom is -0.350 e. The maximum atomic E-state index is 14.0. The number of unbranched alkanes of at least 4 members (excludes halogenated alkanes) is 1. The first-order valence-electron chi connectivity index (χ1n) is 11.2. The summed E-state index contributed by atoms with van der Waals surface area (Å²) in [6, 6.07) is 15.4. The summed E-state index contributed by atoms with van der Waals surface area (Å²) >= 11 is 0. The van der Waals surface area contributed by atoms with Gasteiger partial charge in [0.05, 0.1) is 12.0 Å². The zero-order valence-corrected chi connectivity index (χ0v) is 18.8. The van der Waals surface area contributed by atoms with E-state index >= 15 is 0 Å². The molecule has 2 aromatic carbocycles. The molecule has 0 N–H and O–H groups in total. The van der Waals surface area contributed by atoms with E-state index in [9.17, 15) is 9.59 Å². The van der Waals surface area contributed by atoms with Crippen molar-refractivity contribution in [1.29, 1.82) is 0 Å². The summed E-state index contributed by atoms with van der Waals surface area (Å²) in [6.07, 6.45) is 4.09. The molecule has 2 amide bonds. The SMILES string of the molecule is CCCCN(CC)C(=O)[C@@H]1c2ccccc2C(=O)N(C)[C@@H]1c1cn(C)c2ccccc12. The van der Waals surface area contributed by atoms with Crippen molar-refractivity contribution in [2.45, 2.75) is 38.6 Å².